The third-order valence-electron chi connectivity index (χ3n) is 2.93. The van der Waals surface area contributed by atoms with E-state index in [1.165, 1.54) is 5.56 Å². The molecule has 0 saturated carbocycles. The predicted octanol–water partition coefficient (Wildman–Crippen LogP) is 1.17. The van der Waals surface area contributed by atoms with Crippen LogP contribution in [0.1, 0.15) is 17.0 Å². The van der Waals surface area contributed by atoms with Crippen LogP contribution in [0.3, 0.4) is 0 Å². The molecule has 0 bridgehead atoms. The maximum absolute atomic E-state index is 5.73. The zero-order chi connectivity index (χ0) is 12.4. The molecule has 0 amide bonds. The monoisotopic (exact) mass is 239 g/mol. The summed E-state index contributed by atoms with van der Waals surface area (Å²) in [7, 11) is 0. The summed E-state index contributed by atoms with van der Waals surface area (Å²) in [4.78, 5) is 0. The Hall–Kier alpha value is -2.27. The average Bonchev–Trinajstić information content (AvgIpc) is 2.83. The van der Waals surface area contributed by atoms with E-state index in [1.807, 2.05) is 30.3 Å². The van der Waals surface area contributed by atoms with E-state index in [-0.39, 0.29) is 0 Å². The number of aromatic nitrogens is 4. The van der Waals surface area contributed by atoms with E-state index in [9.17, 15) is 0 Å². The molecule has 0 saturated heterocycles. The van der Waals surface area contributed by atoms with Gasteiger partial charge in [0.1, 0.15) is 0 Å². The van der Waals surface area contributed by atoms with Crippen molar-refractivity contribution in [3.63, 3.8) is 0 Å². The predicted molar refractivity (Wildman–Crippen MR) is 67.9 cm³/mol. The number of rotatable bonds is 3. The Labute approximate surface area is 104 Å². The van der Waals surface area contributed by atoms with Gasteiger partial charge in [-0.1, -0.05) is 24.3 Å². The highest BCUT2D eigenvalue weighted by Gasteiger charge is 2.08. The largest absolute Gasteiger partial charge is 0.326 e. The van der Waals surface area contributed by atoms with Crippen LogP contribution in [0.4, 0.5) is 0 Å². The fraction of sp³-hybridized carbons (Fsp3) is 0.154. The molecule has 5 nitrogen and oxygen atoms in total. The van der Waals surface area contributed by atoms with Crippen molar-refractivity contribution >= 4 is 5.65 Å². The van der Waals surface area contributed by atoms with Crippen molar-refractivity contribution in [1.82, 2.24) is 19.8 Å². The maximum atomic E-state index is 5.73. The highest BCUT2D eigenvalue weighted by molar-refractivity contribution is 5.36. The fourth-order valence-electron chi connectivity index (χ4n) is 2.00. The lowest BCUT2D eigenvalue weighted by Gasteiger charge is -2.05. The first-order valence-corrected chi connectivity index (χ1v) is 5.80. The van der Waals surface area contributed by atoms with Gasteiger partial charge in [-0.05, 0) is 23.3 Å². The van der Waals surface area contributed by atoms with Gasteiger partial charge >= 0.3 is 0 Å². The summed E-state index contributed by atoms with van der Waals surface area (Å²) in [6, 6.07) is 11.8. The Bertz CT molecular complexity index is 674. The molecule has 5 heteroatoms. The van der Waals surface area contributed by atoms with E-state index >= 15 is 0 Å². The maximum Gasteiger partial charge on any atom is 0.177 e. The first-order valence-electron chi connectivity index (χ1n) is 5.80. The average molecular weight is 239 g/mol. The molecular formula is C13H13N5. The highest BCUT2D eigenvalue weighted by atomic mass is 15.4. The highest BCUT2D eigenvalue weighted by Crippen LogP contribution is 2.13. The summed E-state index contributed by atoms with van der Waals surface area (Å²) in [5.74, 6) is 0.825. The molecule has 0 aliphatic carbocycles. The summed E-state index contributed by atoms with van der Waals surface area (Å²) < 4.78 is 1.76. The summed E-state index contributed by atoms with van der Waals surface area (Å²) in [6.45, 7) is 0.528. The molecule has 18 heavy (non-hydrogen) atoms. The fourth-order valence-corrected chi connectivity index (χ4v) is 2.00. The third-order valence-corrected chi connectivity index (χ3v) is 2.93. The van der Waals surface area contributed by atoms with E-state index in [0.717, 1.165) is 17.0 Å². The molecule has 0 unspecified atom stereocenters. The van der Waals surface area contributed by atoms with Gasteiger partial charge in [0.2, 0.25) is 0 Å². The minimum absolute atomic E-state index is 0.528. The van der Waals surface area contributed by atoms with E-state index in [1.54, 1.807) is 10.7 Å². The van der Waals surface area contributed by atoms with E-state index in [2.05, 4.69) is 21.4 Å². The van der Waals surface area contributed by atoms with Gasteiger partial charge in [-0.3, -0.25) is 0 Å². The van der Waals surface area contributed by atoms with Gasteiger partial charge in [0.25, 0.3) is 0 Å². The second kappa shape index (κ2) is 4.54. The smallest absolute Gasteiger partial charge is 0.177 e. The van der Waals surface area contributed by atoms with Gasteiger partial charge in [-0.25, -0.2) is 0 Å². The van der Waals surface area contributed by atoms with Crippen LogP contribution in [0.2, 0.25) is 0 Å². The van der Waals surface area contributed by atoms with Gasteiger partial charge in [0.15, 0.2) is 11.5 Å². The molecule has 0 fully saturated rings. The van der Waals surface area contributed by atoms with Gasteiger partial charge in [0.05, 0.1) is 0 Å². The van der Waals surface area contributed by atoms with Crippen molar-refractivity contribution < 1.29 is 0 Å². The zero-order valence-corrected chi connectivity index (χ0v) is 9.82. The lowest BCUT2D eigenvalue weighted by atomic mass is 10.0. The molecule has 0 radical (unpaired) electrons. The third kappa shape index (κ3) is 1.84. The van der Waals surface area contributed by atoms with Crippen molar-refractivity contribution in [2.75, 3.05) is 0 Å². The van der Waals surface area contributed by atoms with Crippen LogP contribution < -0.4 is 5.73 Å². The van der Waals surface area contributed by atoms with Crippen LogP contribution >= 0.6 is 0 Å². The van der Waals surface area contributed by atoms with Crippen LogP contribution in [0.25, 0.3) is 5.65 Å². The van der Waals surface area contributed by atoms with Crippen LogP contribution in [0.15, 0.2) is 42.6 Å². The SMILES string of the molecule is NCc1ccccc1Cc1nnc2cccnn12. The molecule has 0 atom stereocenters. The molecule has 2 N–H and O–H groups in total. The van der Waals surface area contributed by atoms with Crippen LogP contribution in [-0.4, -0.2) is 19.8 Å². The first-order chi connectivity index (χ1) is 8.88. The van der Waals surface area contributed by atoms with E-state index in [4.69, 9.17) is 5.73 Å². The molecule has 90 valence electrons. The number of nitrogens with two attached hydrogens (primary N) is 1. The summed E-state index contributed by atoms with van der Waals surface area (Å²) >= 11 is 0. The van der Waals surface area contributed by atoms with Gasteiger partial charge < -0.3 is 5.73 Å². The Morgan fingerprint density at radius 3 is 2.67 bits per heavy atom. The minimum atomic E-state index is 0.528. The number of hydrogen-bond acceptors (Lipinski definition) is 4. The van der Waals surface area contributed by atoms with Crippen molar-refractivity contribution in [3.05, 3.63) is 59.5 Å². The zero-order valence-electron chi connectivity index (χ0n) is 9.82. The summed E-state index contributed by atoms with van der Waals surface area (Å²) in [5, 5.41) is 12.5. The van der Waals surface area contributed by atoms with Gasteiger partial charge in [-0.15, -0.1) is 10.2 Å². The van der Waals surface area contributed by atoms with Crippen LogP contribution in [0, 0.1) is 0 Å². The molecule has 0 aliphatic heterocycles. The lowest BCUT2D eigenvalue weighted by Crippen LogP contribution is -2.05. The number of nitrogens with zero attached hydrogens (tertiary/aromatic N) is 4. The summed E-state index contributed by atoms with van der Waals surface area (Å²) in [5.41, 5.74) is 8.79. The Morgan fingerprint density at radius 1 is 1.00 bits per heavy atom. The molecule has 0 spiro atoms. The molecule has 0 aliphatic rings. The number of hydrogen-bond donors (Lipinski definition) is 1. The second-order valence-corrected chi connectivity index (χ2v) is 4.06. The van der Waals surface area contributed by atoms with Gasteiger partial charge in [0, 0.05) is 19.2 Å². The van der Waals surface area contributed by atoms with Crippen molar-refractivity contribution in [2.45, 2.75) is 13.0 Å². The molecule has 2 aromatic heterocycles. The lowest BCUT2D eigenvalue weighted by molar-refractivity contribution is 0.831. The molecule has 3 rings (SSSR count). The molecular weight excluding hydrogens is 226 g/mol. The quantitative estimate of drug-likeness (QED) is 0.745. The second-order valence-electron chi connectivity index (χ2n) is 4.06. The molecule has 3 aromatic rings. The number of benzene rings is 1. The minimum Gasteiger partial charge on any atom is -0.326 e. The Kier molecular flexibility index (Phi) is 2.74. The summed E-state index contributed by atoms with van der Waals surface area (Å²) in [6.07, 6.45) is 2.42. The molecule has 1 aromatic carbocycles. The topological polar surface area (TPSA) is 69.1 Å². The first kappa shape index (κ1) is 10.9. The Morgan fingerprint density at radius 2 is 1.83 bits per heavy atom. The molecule has 2 heterocycles. The van der Waals surface area contributed by atoms with E-state index in [0.29, 0.717) is 13.0 Å². The number of fused-ring (bicyclic) bond motifs is 1. The van der Waals surface area contributed by atoms with E-state index < -0.39 is 0 Å². The normalized spacial score (nSPS) is 10.9. The van der Waals surface area contributed by atoms with Crippen molar-refractivity contribution in [1.29, 1.82) is 0 Å². The van der Waals surface area contributed by atoms with Crippen LogP contribution in [0.5, 0.6) is 0 Å². The van der Waals surface area contributed by atoms with Crippen molar-refractivity contribution in [2.24, 2.45) is 5.73 Å². The van der Waals surface area contributed by atoms with Gasteiger partial charge in [-0.2, -0.15) is 9.61 Å². The Balaban J connectivity index is 2.01. The van der Waals surface area contributed by atoms with Crippen molar-refractivity contribution in [3.8, 4) is 0 Å². The van der Waals surface area contributed by atoms with Crippen LogP contribution in [-0.2, 0) is 13.0 Å². The standard InChI is InChI=1S/C13H13N5/c14-9-11-5-2-1-4-10(11)8-13-17-16-12-6-3-7-15-18(12)13/h1-7H,8-9,14H2.